The number of rotatable bonds is 3. The van der Waals surface area contributed by atoms with E-state index in [1.54, 1.807) is 6.07 Å². The zero-order valence-corrected chi connectivity index (χ0v) is 12.6. The summed E-state index contributed by atoms with van der Waals surface area (Å²) in [6.45, 7) is 1.51. The van der Waals surface area contributed by atoms with E-state index >= 15 is 0 Å². The van der Waals surface area contributed by atoms with Crippen molar-refractivity contribution in [1.82, 2.24) is 0 Å². The Morgan fingerprint density at radius 3 is 2.40 bits per heavy atom. The number of benzene rings is 2. The number of hydrogen-bond donors (Lipinski definition) is 1. The Morgan fingerprint density at radius 1 is 1.10 bits per heavy atom. The van der Waals surface area contributed by atoms with Crippen LogP contribution < -0.4 is 4.74 Å². The fraction of sp³-hybridized carbons (Fsp3) is 0.143. The molecule has 0 radical (unpaired) electrons. The van der Waals surface area contributed by atoms with E-state index < -0.39 is 11.9 Å². The van der Waals surface area contributed by atoms with Crippen LogP contribution in [-0.4, -0.2) is 5.11 Å². The predicted molar refractivity (Wildman–Crippen MR) is 78.6 cm³/mol. The number of ether oxygens (including phenoxy) is 1. The van der Waals surface area contributed by atoms with Gasteiger partial charge in [-0.05, 0) is 19.1 Å². The largest absolute Gasteiger partial charge is 0.452 e. The summed E-state index contributed by atoms with van der Waals surface area (Å²) in [5.74, 6) is -0.540. The first-order chi connectivity index (χ1) is 9.40. The molecule has 0 unspecified atom stereocenters. The molecule has 0 saturated carbocycles. The average molecular weight is 336 g/mol. The number of aliphatic hydroxyl groups excluding tert-OH is 1. The molecular weight excluding hydrogens is 326 g/mol. The summed E-state index contributed by atoms with van der Waals surface area (Å²) in [5.41, 5.74) is 0.312. The molecule has 0 saturated heterocycles. The molecular formula is C14H10Cl3FO2. The molecule has 106 valence electrons. The van der Waals surface area contributed by atoms with Gasteiger partial charge in [-0.3, -0.25) is 0 Å². The van der Waals surface area contributed by atoms with Crippen molar-refractivity contribution < 1.29 is 14.2 Å². The Balaban J connectivity index is 2.47. The van der Waals surface area contributed by atoms with Gasteiger partial charge in [-0.2, -0.15) is 0 Å². The third-order valence-corrected chi connectivity index (χ3v) is 3.65. The minimum absolute atomic E-state index is 0.0946. The molecule has 0 aromatic heterocycles. The standard InChI is InChI=1S/C14H10Cl3FO2/c1-7(19)8-3-2-4-12(18)14(8)20-13-6-10(16)9(15)5-11(13)17/h2-7,19H,1H3/t7-/m1/s1. The summed E-state index contributed by atoms with van der Waals surface area (Å²) in [5, 5.41) is 10.4. The molecule has 20 heavy (non-hydrogen) atoms. The number of aliphatic hydroxyl groups is 1. The quantitative estimate of drug-likeness (QED) is 0.736. The van der Waals surface area contributed by atoms with Crippen LogP contribution in [0, 0.1) is 5.82 Å². The second kappa shape index (κ2) is 6.19. The molecule has 1 N–H and O–H groups in total. The number of para-hydroxylation sites is 1. The van der Waals surface area contributed by atoms with Crippen LogP contribution in [0.15, 0.2) is 30.3 Å². The highest BCUT2D eigenvalue weighted by molar-refractivity contribution is 6.43. The van der Waals surface area contributed by atoms with E-state index in [-0.39, 0.29) is 26.6 Å². The highest BCUT2D eigenvalue weighted by atomic mass is 35.5. The van der Waals surface area contributed by atoms with Gasteiger partial charge in [-0.25, -0.2) is 4.39 Å². The zero-order chi connectivity index (χ0) is 14.9. The molecule has 0 bridgehead atoms. The SMILES string of the molecule is C[C@@H](O)c1cccc(F)c1Oc1cc(Cl)c(Cl)cc1Cl. The summed E-state index contributed by atoms with van der Waals surface area (Å²) in [6.07, 6.45) is -0.887. The Morgan fingerprint density at radius 2 is 1.75 bits per heavy atom. The fourth-order valence-electron chi connectivity index (χ4n) is 1.65. The van der Waals surface area contributed by atoms with Crippen molar-refractivity contribution in [2.75, 3.05) is 0 Å². The lowest BCUT2D eigenvalue weighted by atomic mass is 10.1. The molecule has 2 aromatic carbocycles. The molecule has 0 heterocycles. The highest BCUT2D eigenvalue weighted by Crippen LogP contribution is 2.39. The van der Waals surface area contributed by atoms with E-state index in [1.165, 1.54) is 31.2 Å². The lowest BCUT2D eigenvalue weighted by molar-refractivity contribution is 0.194. The monoisotopic (exact) mass is 334 g/mol. The van der Waals surface area contributed by atoms with Crippen molar-refractivity contribution >= 4 is 34.8 Å². The predicted octanol–water partition coefficient (Wildman–Crippen LogP) is 5.63. The Bertz CT molecular complexity index is 645. The van der Waals surface area contributed by atoms with Gasteiger partial charge in [0.15, 0.2) is 11.6 Å². The second-order valence-electron chi connectivity index (χ2n) is 4.13. The van der Waals surface area contributed by atoms with E-state index in [9.17, 15) is 9.50 Å². The van der Waals surface area contributed by atoms with Crippen molar-refractivity contribution in [3.05, 3.63) is 56.8 Å². The molecule has 0 aliphatic carbocycles. The summed E-state index contributed by atoms with van der Waals surface area (Å²) in [7, 11) is 0. The van der Waals surface area contributed by atoms with Gasteiger partial charge in [-0.15, -0.1) is 0 Å². The maximum absolute atomic E-state index is 13.9. The Kier molecular flexibility index (Phi) is 4.76. The third-order valence-electron chi connectivity index (χ3n) is 2.63. The number of halogens is 4. The first-order valence-electron chi connectivity index (χ1n) is 5.69. The molecule has 0 spiro atoms. The Labute approximate surface area is 130 Å². The molecule has 0 aliphatic rings. The minimum Gasteiger partial charge on any atom is -0.452 e. The van der Waals surface area contributed by atoms with Crippen molar-refractivity contribution in [2.24, 2.45) is 0 Å². The van der Waals surface area contributed by atoms with Crippen molar-refractivity contribution in [1.29, 1.82) is 0 Å². The van der Waals surface area contributed by atoms with Gasteiger partial charge < -0.3 is 9.84 Å². The average Bonchev–Trinajstić information content (AvgIpc) is 2.37. The van der Waals surface area contributed by atoms with Crippen LogP contribution >= 0.6 is 34.8 Å². The van der Waals surface area contributed by atoms with Gasteiger partial charge in [0.1, 0.15) is 5.75 Å². The van der Waals surface area contributed by atoms with Crippen LogP contribution in [0.4, 0.5) is 4.39 Å². The molecule has 0 amide bonds. The maximum atomic E-state index is 13.9. The van der Waals surface area contributed by atoms with E-state index in [1.807, 2.05) is 0 Å². The fourth-order valence-corrected chi connectivity index (χ4v) is 2.23. The number of hydrogen-bond acceptors (Lipinski definition) is 2. The van der Waals surface area contributed by atoms with Crippen LogP contribution in [0.25, 0.3) is 0 Å². The van der Waals surface area contributed by atoms with Gasteiger partial charge in [0, 0.05) is 11.6 Å². The van der Waals surface area contributed by atoms with Gasteiger partial charge in [-0.1, -0.05) is 46.9 Å². The first kappa shape index (κ1) is 15.4. The molecule has 2 nitrogen and oxygen atoms in total. The molecule has 2 rings (SSSR count). The topological polar surface area (TPSA) is 29.5 Å². The van der Waals surface area contributed by atoms with Crippen LogP contribution in [0.5, 0.6) is 11.5 Å². The van der Waals surface area contributed by atoms with Crippen molar-refractivity contribution in [2.45, 2.75) is 13.0 Å². The maximum Gasteiger partial charge on any atom is 0.168 e. The van der Waals surface area contributed by atoms with Gasteiger partial charge in [0.25, 0.3) is 0 Å². The molecule has 0 fully saturated rings. The highest BCUT2D eigenvalue weighted by Gasteiger charge is 2.17. The molecule has 1 atom stereocenters. The van der Waals surface area contributed by atoms with Crippen LogP contribution in [-0.2, 0) is 0 Å². The van der Waals surface area contributed by atoms with Crippen LogP contribution in [0.2, 0.25) is 15.1 Å². The summed E-state index contributed by atoms with van der Waals surface area (Å²) < 4.78 is 19.3. The van der Waals surface area contributed by atoms with Crippen molar-refractivity contribution in [3.8, 4) is 11.5 Å². The normalized spacial score (nSPS) is 12.3. The minimum atomic E-state index is -0.887. The van der Waals surface area contributed by atoms with Gasteiger partial charge >= 0.3 is 0 Å². The first-order valence-corrected chi connectivity index (χ1v) is 6.82. The van der Waals surface area contributed by atoms with Crippen molar-refractivity contribution in [3.63, 3.8) is 0 Å². The van der Waals surface area contributed by atoms with E-state index in [4.69, 9.17) is 39.5 Å². The Hall–Kier alpha value is -1.000. The van der Waals surface area contributed by atoms with Crippen LogP contribution in [0.3, 0.4) is 0 Å². The lowest BCUT2D eigenvalue weighted by Gasteiger charge is -2.15. The van der Waals surface area contributed by atoms with Gasteiger partial charge in [0.2, 0.25) is 0 Å². The van der Waals surface area contributed by atoms with Gasteiger partial charge in [0.05, 0.1) is 21.2 Å². The smallest absolute Gasteiger partial charge is 0.168 e. The lowest BCUT2D eigenvalue weighted by Crippen LogP contribution is -1.99. The zero-order valence-electron chi connectivity index (χ0n) is 10.3. The third kappa shape index (κ3) is 3.18. The molecule has 0 aliphatic heterocycles. The molecule has 2 aromatic rings. The summed E-state index contributed by atoms with van der Waals surface area (Å²) >= 11 is 17.7. The van der Waals surface area contributed by atoms with E-state index in [0.717, 1.165) is 0 Å². The second-order valence-corrected chi connectivity index (χ2v) is 5.35. The van der Waals surface area contributed by atoms with E-state index in [0.29, 0.717) is 5.56 Å². The summed E-state index contributed by atoms with van der Waals surface area (Å²) in [6, 6.07) is 7.08. The molecule has 6 heteroatoms. The summed E-state index contributed by atoms with van der Waals surface area (Å²) in [4.78, 5) is 0. The van der Waals surface area contributed by atoms with Crippen LogP contribution in [0.1, 0.15) is 18.6 Å². The van der Waals surface area contributed by atoms with E-state index in [2.05, 4.69) is 0 Å².